The number of nitrogen functional groups attached to an aromatic ring is 1. The van der Waals surface area contributed by atoms with E-state index in [9.17, 15) is 5.11 Å². The van der Waals surface area contributed by atoms with Gasteiger partial charge in [0.25, 0.3) is 0 Å². The van der Waals surface area contributed by atoms with Crippen LogP contribution < -0.4 is 10.5 Å². The smallest absolute Gasteiger partial charge is 0.134 e. The fraction of sp³-hybridized carbons (Fsp3) is 0.500. The van der Waals surface area contributed by atoms with E-state index in [4.69, 9.17) is 10.5 Å². The molecule has 90 valence electrons. The minimum Gasteiger partial charge on any atom is -0.496 e. The van der Waals surface area contributed by atoms with Crippen molar-refractivity contribution in [2.75, 3.05) is 18.6 Å². The molecule has 1 aromatic rings. The molecule has 0 radical (unpaired) electrons. The Hall–Kier alpha value is -0.870. The van der Waals surface area contributed by atoms with Crippen molar-refractivity contribution in [1.29, 1.82) is 0 Å². The van der Waals surface area contributed by atoms with Crippen LogP contribution in [0.5, 0.6) is 5.75 Å². The lowest BCUT2D eigenvalue weighted by Crippen LogP contribution is -2.25. The van der Waals surface area contributed by atoms with Crippen LogP contribution in [0.2, 0.25) is 0 Å². The summed E-state index contributed by atoms with van der Waals surface area (Å²) in [6, 6.07) is 5.55. The first kappa shape index (κ1) is 13.2. The number of thioether (sulfide) groups is 1. The van der Waals surface area contributed by atoms with Gasteiger partial charge in [-0.3, -0.25) is 0 Å². The molecule has 0 bridgehead atoms. The van der Waals surface area contributed by atoms with Gasteiger partial charge in [0.2, 0.25) is 0 Å². The predicted octanol–water partition coefficient (Wildman–Crippen LogP) is 2.53. The third kappa shape index (κ3) is 3.61. The van der Waals surface area contributed by atoms with Crippen LogP contribution in [0.15, 0.2) is 23.1 Å². The fourth-order valence-corrected chi connectivity index (χ4v) is 2.26. The monoisotopic (exact) mass is 241 g/mol. The van der Waals surface area contributed by atoms with Crippen molar-refractivity contribution in [1.82, 2.24) is 0 Å². The molecule has 1 atom stereocenters. The lowest BCUT2D eigenvalue weighted by atomic mass is 10.1. The van der Waals surface area contributed by atoms with Crippen molar-refractivity contribution in [3.05, 3.63) is 18.2 Å². The molecule has 1 rings (SSSR count). The van der Waals surface area contributed by atoms with E-state index in [1.807, 2.05) is 26.0 Å². The lowest BCUT2D eigenvalue weighted by molar-refractivity contribution is 0.0816. The number of anilines is 1. The molecule has 16 heavy (non-hydrogen) atoms. The van der Waals surface area contributed by atoms with Crippen molar-refractivity contribution in [2.24, 2.45) is 0 Å². The number of rotatable bonds is 5. The molecule has 1 unspecified atom stereocenters. The van der Waals surface area contributed by atoms with Crippen molar-refractivity contribution >= 4 is 17.4 Å². The second-order valence-corrected chi connectivity index (χ2v) is 5.07. The van der Waals surface area contributed by atoms with Crippen LogP contribution in [-0.2, 0) is 0 Å². The first-order chi connectivity index (χ1) is 7.48. The third-order valence-electron chi connectivity index (χ3n) is 2.49. The number of hydrogen-bond donors (Lipinski definition) is 2. The molecule has 0 aromatic heterocycles. The summed E-state index contributed by atoms with van der Waals surface area (Å²) in [5.74, 6) is 1.40. The third-order valence-corrected chi connectivity index (χ3v) is 3.90. The minimum atomic E-state index is -0.642. The topological polar surface area (TPSA) is 55.5 Å². The summed E-state index contributed by atoms with van der Waals surface area (Å²) in [7, 11) is 1.62. The first-order valence-corrected chi connectivity index (χ1v) is 6.26. The van der Waals surface area contributed by atoms with Crippen molar-refractivity contribution in [2.45, 2.75) is 30.8 Å². The molecule has 1 aromatic carbocycles. The predicted molar refractivity (Wildman–Crippen MR) is 69.0 cm³/mol. The van der Waals surface area contributed by atoms with Gasteiger partial charge < -0.3 is 15.6 Å². The van der Waals surface area contributed by atoms with E-state index in [1.54, 1.807) is 24.9 Å². The van der Waals surface area contributed by atoms with E-state index < -0.39 is 5.60 Å². The highest BCUT2D eigenvalue weighted by Crippen LogP contribution is 2.33. The maximum Gasteiger partial charge on any atom is 0.134 e. The normalized spacial score (nSPS) is 14.5. The molecule has 0 saturated heterocycles. The van der Waals surface area contributed by atoms with Gasteiger partial charge in [0.05, 0.1) is 12.7 Å². The molecule has 4 heteroatoms. The average molecular weight is 241 g/mol. The second kappa shape index (κ2) is 5.46. The summed E-state index contributed by atoms with van der Waals surface area (Å²) in [4.78, 5) is 1.01. The number of hydrogen-bond acceptors (Lipinski definition) is 4. The number of nitrogens with two attached hydrogens (primary N) is 1. The summed E-state index contributed by atoms with van der Waals surface area (Å²) in [5, 5.41) is 9.92. The SMILES string of the molecule is CCC(C)(O)CSc1ccc(N)cc1OC. The van der Waals surface area contributed by atoms with Crippen LogP contribution >= 0.6 is 11.8 Å². The van der Waals surface area contributed by atoms with Gasteiger partial charge in [-0.05, 0) is 25.5 Å². The molecule has 3 nitrogen and oxygen atoms in total. The van der Waals surface area contributed by atoms with Gasteiger partial charge in [0.15, 0.2) is 0 Å². The van der Waals surface area contributed by atoms with Gasteiger partial charge in [-0.25, -0.2) is 0 Å². The van der Waals surface area contributed by atoms with E-state index >= 15 is 0 Å². The maximum atomic E-state index is 9.92. The highest BCUT2D eigenvalue weighted by Gasteiger charge is 2.18. The molecule has 0 amide bonds. The van der Waals surface area contributed by atoms with Crippen LogP contribution in [0.25, 0.3) is 0 Å². The molecule has 0 heterocycles. The molecule has 0 aliphatic heterocycles. The van der Waals surface area contributed by atoms with Gasteiger partial charge in [-0.2, -0.15) is 0 Å². The van der Waals surface area contributed by atoms with E-state index in [0.717, 1.165) is 17.1 Å². The Morgan fingerprint density at radius 2 is 2.19 bits per heavy atom. The van der Waals surface area contributed by atoms with Crippen LogP contribution in [0.3, 0.4) is 0 Å². The maximum absolute atomic E-state index is 9.92. The van der Waals surface area contributed by atoms with Crippen LogP contribution in [-0.4, -0.2) is 23.6 Å². The molecule has 0 fully saturated rings. The fourth-order valence-electron chi connectivity index (χ4n) is 1.14. The summed E-state index contributed by atoms with van der Waals surface area (Å²) >= 11 is 1.58. The van der Waals surface area contributed by atoms with E-state index in [2.05, 4.69) is 0 Å². The Morgan fingerprint density at radius 1 is 1.50 bits per heavy atom. The summed E-state index contributed by atoms with van der Waals surface area (Å²) in [6.45, 7) is 3.81. The molecule has 0 saturated carbocycles. The Labute approximate surface area is 101 Å². The standard InChI is InChI=1S/C12H19NO2S/c1-4-12(2,14)8-16-11-6-5-9(13)7-10(11)15-3/h5-7,14H,4,8,13H2,1-3H3. The molecule has 0 aliphatic rings. The molecule has 0 spiro atoms. The van der Waals surface area contributed by atoms with Gasteiger partial charge in [0.1, 0.15) is 5.75 Å². The van der Waals surface area contributed by atoms with Gasteiger partial charge in [-0.15, -0.1) is 11.8 Å². The Kier molecular flexibility index (Phi) is 4.50. The first-order valence-electron chi connectivity index (χ1n) is 5.27. The minimum absolute atomic E-state index is 0.642. The van der Waals surface area contributed by atoms with Gasteiger partial charge in [-0.1, -0.05) is 6.92 Å². The average Bonchev–Trinajstić information content (AvgIpc) is 2.27. The van der Waals surface area contributed by atoms with Crippen LogP contribution in [0.4, 0.5) is 5.69 Å². The summed E-state index contributed by atoms with van der Waals surface area (Å²) in [5.41, 5.74) is 5.71. The van der Waals surface area contributed by atoms with E-state index in [1.165, 1.54) is 0 Å². The Morgan fingerprint density at radius 3 is 2.75 bits per heavy atom. The van der Waals surface area contributed by atoms with E-state index in [-0.39, 0.29) is 0 Å². The van der Waals surface area contributed by atoms with Gasteiger partial charge in [0, 0.05) is 22.4 Å². The van der Waals surface area contributed by atoms with Crippen molar-refractivity contribution in [3.8, 4) is 5.75 Å². The van der Waals surface area contributed by atoms with Crippen LogP contribution in [0, 0.1) is 0 Å². The summed E-state index contributed by atoms with van der Waals surface area (Å²) in [6.07, 6.45) is 0.733. The molecule has 3 N–H and O–H groups in total. The zero-order valence-electron chi connectivity index (χ0n) is 9.99. The van der Waals surface area contributed by atoms with Crippen molar-refractivity contribution in [3.63, 3.8) is 0 Å². The largest absolute Gasteiger partial charge is 0.496 e. The lowest BCUT2D eigenvalue weighted by Gasteiger charge is -2.21. The second-order valence-electron chi connectivity index (χ2n) is 4.05. The van der Waals surface area contributed by atoms with Gasteiger partial charge >= 0.3 is 0 Å². The highest BCUT2D eigenvalue weighted by molar-refractivity contribution is 7.99. The van der Waals surface area contributed by atoms with Crippen LogP contribution in [0.1, 0.15) is 20.3 Å². The highest BCUT2D eigenvalue weighted by atomic mass is 32.2. The summed E-state index contributed by atoms with van der Waals surface area (Å²) < 4.78 is 5.24. The van der Waals surface area contributed by atoms with Crippen molar-refractivity contribution < 1.29 is 9.84 Å². The number of aliphatic hydroxyl groups is 1. The number of benzene rings is 1. The molecular weight excluding hydrogens is 222 g/mol. The Bertz CT molecular complexity index is 353. The Balaban J connectivity index is 2.74. The zero-order valence-corrected chi connectivity index (χ0v) is 10.8. The molecule has 0 aliphatic carbocycles. The molecular formula is C12H19NO2S. The number of ether oxygens (including phenoxy) is 1. The van der Waals surface area contributed by atoms with E-state index in [0.29, 0.717) is 11.4 Å². The quantitative estimate of drug-likeness (QED) is 0.614. The zero-order chi connectivity index (χ0) is 12.2. The number of methoxy groups -OCH3 is 1.